The van der Waals surface area contributed by atoms with E-state index in [1.165, 1.54) is 12.1 Å². The van der Waals surface area contributed by atoms with Crippen molar-refractivity contribution in [1.82, 2.24) is 20.2 Å². The molecule has 0 saturated heterocycles. The van der Waals surface area contributed by atoms with Crippen LogP contribution in [0.1, 0.15) is 32.7 Å². The minimum atomic E-state index is -3.80. The fourth-order valence-corrected chi connectivity index (χ4v) is 4.12. The van der Waals surface area contributed by atoms with Crippen LogP contribution in [-0.4, -0.2) is 41.8 Å². The molecule has 1 aliphatic carbocycles. The standard InChI is InChI=1S/C20H23N5O4S/c1-3-28-18-12-11-17(13-19(18)29-4-2)30(26,27)22-15-7-5-14(6-8-15)20-21-23-24-25(20)16-9-10-16/h5-8,11-13,16,22H,3-4,9-10H2,1-2H3. The van der Waals surface area contributed by atoms with Crippen molar-refractivity contribution in [2.24, 2.45) is 0 Å². The van der Waals surface area contributed by atoms with Crippen molar-refractivity contribution in [2.45, 2.75) is 37.6 Å². The van der Waals surface area contributed by atoms with Gasteiger partial charge in [-0.05, 0) is 73.5 Å². The molecule has 0 unspecified atom stereocenters. The number of hydrogen-bond acceptors (Lipinski definition) is 7. The van der Waals surface area contributed by atoms with Crippen LogP contribution in [0.2, 0.25) is 0 Å². The van der Waals surface area contributed by atoms with Crippen LogP contribution in [0.3, 0.4) is 0 Å². The van der Waals surface area contributed by atoms with Crippen molar-refractivity contribution in [2.75, 3.05) is 17.9 Å². The summed E-state index contributed by atoms with van der Waals surface area (Å²) in [5, 5.41) is 11.9. The van der Waals surface area contributed by atoms with Gasteiger partial charge in [0.15, 0.2) is 17.3 Å². The minimum Gasteiger partial charge on any atom is -0.490 e. The van der Waals surface area contributed by atoms with E-state index >= 15 is 0 Å². The predicted octanol–water partition coefficient (Wildman–Crippen LogP) is 3.27. The molecular weight excluding hydrogens is 406 g/mol. The van der Waals surface area contributed by atoms with Crippen LogP contribution in [0.4, 0.5) is 5.69 Å². The maximum atomic E-state index is 12.8. The van der Waals surface area contributed by atoms with E-state index in [9.17, 15) is 8.42 Å². The molecule has 0 spiro atoms. The van der Waals surface area contributed by atoms with E-state index in [0.717, 1.165) is 18.4 Å². The molecule has 4 rings (SSSR count). The summed E-state index contributed by atoms with van der Waals surface area (Å²) >= 11 is 0. The van der Waals surface area contributed by atoms with Crippen molar-refractivity contribution < 1.29 is 17.9 Å². The average Bonchev–Trinajstić information content (AvgIpc) is 3.46. The first-order valence-electron chi connectivity index (χ1n) is 9.82. The second-order valence-electron chi connectivity index (χ2n) is 6.84. The van der Waals surface area contributed by atoms with Crippen LogP contribution in [-0.2, 0) is 10.0 Å². The molecule has 1 saturated carbocycles. The van der Waals surface area contributed by atoms with Crippen molar-refractivity contribution in [1.29, 1.82) is 0 Å². The summed E-state index contributed by atoms with van der Waals surface area (Å²) in [6, 6.07) is 11.9. The molecule has 1 aliphatic rings. The fourth-order valence-electron chi connectivity index (χ4n) is 3.05. The van der Waals surface area contributed by atoms with E-state index in [1.807, 2.05) is 18.5 Å². The molecule has 0 amide bonds. The number of aromatic nitrogens is 4. The first kappa shape index (κ1) is 20.1. The van der Waals surface area contributed by atoms with Gasteiger partial charge in [0.05, 0.1) is 24.2 Å². The van der Waals surface area contributed by atoms with E-state index in [0.29, 0.717) is 42.3 Å². The Bertz CT molecular complexity index is 1120. The van der Waals surface area contributed by atoms with Crippen molar-refractivity contribution in [3.05, 3.63) is 42.5 Å². The van der Waals surface area contributed by atoms with Gasteiger partial charge in [0, 0.05) is 17.3 Å². The summed E-state index contributed by atoms with van der Waals surface area (Å²) < 4.78 is 41.1. The van der Waals surface area contributed by atoms with Crippen molar-refractivity contribution in [3.8, 4) is 22.9 Å². The Morgan fingerprint density at radius 3 is 2.40 bits per heavy atom. The molecule has 0 atom stereocenters. The SMILES string of the molecule is CCOc1ccc(S(=O)(=O)Nc2ccc(-c3nnnn3C3CC3)cc2)cc1OCC. The molecular formula is C20H23N5O4S. The average molecular weight is 430 g/mol. The van der Waals surface area contributed by atoms with Crippen LogP contribution in [0, 0.1) is 0 Å². The molecule has 1 aromatic heterocycles. The maximum Gasteiger partial charge on any atom is 0.262 e. The van der Waals surface area contributed by atoms with Crippen LogP contribution < -0.4 is 14.2 Å². The number of ether oxygens (including phenoxy) is 2. The quantitative estimate of drug-likeness (QED) is 0.556. The number of benzene rings is 2. The third-order valence-electron chi connectivity index (χ3n) is 4.61. The first-order chi connectivity index (χ1) is 14.5. The highest BCUT2D eigenvalue weighted by atomic mass is 32.2. The number of tetrazole rings is 1. The Balaban J connectivity index is 1.54. The van der Waals surface area contributed by atoms with Gasteiger partial charge in [0.25, 0.3) is 10.0 Å². The lowest BCUT2D eigenvalue weighted by molar-refractivity contribution is 0.287. The normalized spacial score (nSPS) is 13.8. The zero-order valence-corrected chi connectivity index (χ0v) is 17.6. The lowest BCUT2D eigenvalue weighted by atomic mass is 10.2. The minimum absolute atomic E-state index is 0.0937. The topological polar surface area (TPSA) is 108 Å². The summed E-state index contributed by atoms with van der Waals surface area (Å²) in [5.74, 6) is 1.58. The van der Waals surface area contributed by atoms with Gasteiger partial charge in [0.1, 0.15) is 0 Å². The van der Waals surface area contributed by atoms with Gasteiger partial charge in [-0.25, -0.2) is 13.1 Å². The Labute approximate surface area is 175 Å². The van der Waals surface area contributed by atoms with Crippen LogP contribution in [0.25, 0.3) is 11.4 Å². The molecule has 30 heavy (non-hydrogen) atoms. The molecule has 1 fully saturated rings. The summed E-state index contributed by atoms with van der Waals surface area (Å²) in [6.45, 7) is 4.55. The van der Waals surface area contributed by atoms with Gasteiger partial charge in [0.2, 0.25) is 0 Å². The van der Waals surface area contributed by atoms with Gasteiger partial charge in [-0.3, -0.25) is 4.72 Å². The van der Waals surface area contributed by atoms with Gasteiger partial charge in [-0.1, -0.05) is 0 Å². The molecule has 1 N–H and O–H groups in total. The molecule has 2 aromatic carbocycles. The lowest BCUT2D eigenvalue weighted by Crippen LogP contribution is -2.13. The largest absolute Gasteiger partial charge is 0.490 e. The summed E-state index contributed by atoms with van der Waals surface area (Å²) in [5.41, 5.74) is 1.27. The van der Waals surface area contributed by atoms with Gasteiger partial charge in [-0.2, -0.15) is 0 Å². The summed E-state index contributed by atoms with van der Waals surface area (Å²) in [4.78, 5) is 0.0937. The molecule has 158 valence electrons. The lowest BCUT2D eigenvalue weighted by Gasteiger charge is -2.13. The fraction of sp³-hybridized carbons (Fsp3) is 0.350. The highest BCUT2D eigenvalue weighted by molar-refractivity contribution is 7.92. The Morgan fingerprint density at radius 1 is 1.03 bits per heavy atom. The molecule has 0 aliphatic heterocycles. The second kappa shape index (κ2) is 8.31. The highest BCUT2D eigenvalue weighted by Crippen LogP contribution is 2.37. The summed E-state index contributed by atoms with van der Waals surface area (Å²) in [6.07, 6.45) is 2.14. The molecule has 1 heterocycles. The monoisotopic (exact) mass is 429 g/mol. The Morgan fingerprint density at radius 2 is 1.73 bits per heavy atom. The van der Waals surface area contributed by atoms with E-state index in [4.69, 9.17) is 9.47 Å². The molecule has 0 radical (unpaired) electrons. The van der Waals surface area contributed by atoms with Crippen molar-refractivity contribution in [3.63, 3.8) is 0 Å². The zero-order chi connectivity index (χ0) is 21.1. The van der Waals surface area contributed by atoms with Gasteiger partial charge in [-0.15, -0.1) is 5.10 Å². The number of rotatable bonds is 9. The maximum absolute atomic E-state index is 12.8. The molecule has 9 nitrogen and oxygen atoms in total. The van der Waals surface area contributed by atoms with Crippen LogP contribution in [0.5, 0.6) is 11.5 Å². The number of anilines is 1. The van der Waals surface area contributed by atoms with E-state index in [-0.39, 0.29) is 4.90 Å². The first-order valence-corrected chi connectivity index (χ1v) is 11.3. The number of sulfonamides is 1. The van der Waals surface area contributed by atoms with E-state index in [1.54, 1.807) is 30.3 Å². The van der Waals surface area contributed by atoms with E-state index in [2.05, 4.69) is 20.2 Å². The Hall–Kier alpha value is -3.14. The second-order valence-corrected chi connectivity index (χ2v) is 8.52. The molecule has 10 heteroatoms. The number of hydrogen-bond donors (Lipinski definition) is 1. The summed E-state index contributed by atoms with van der Waals surface area (Å²) in [7, 11) is -3.80. The van der Waals surface area contributed by atoms with Gasteiger partial charge >= 0.3 is 0 Å². The molecule has 3 aromatic rings. The number of nitrogens with zero attached hydrogens (tertiary/aromatic N) is 4. The third-order valence-corrected chi connectivity index (χ3v) is 5.98. The van der Waals surface area contributed by atoms with Crippen LogP contribution >= 0.6 is 0 Å². The third kappa shape index (κ3) is 4.23. The zero-order valence-electron chi connectivity index (χ0n) is 16.8. The smallest absolute Gasteiger partial charge is 0.262 e. The van der Waals surface area contributed by atoms with Crippen molar-refractivity contribution >= 4 is 15.7 Å². The highest BCUT2D eigenvalue weighted by Gasteiger charge is 2.28. The predicted molar refractivity (Wildman–Crippen MR) is 111 cm³/mol. The van der Waals surface area contributed by atoms with E-state index < -0.39 is 10.0 Å². The molecule has 0 bridgehead atoms. The van der Waals surface area contributed by atoms with Crippen LogP contribution in [0.15, 0.2) is 47.4 Å². The number of nitrogens with one attached hydrogen (secondary N) is 1. The van der Waals surface area contributed by atoms with Gasteiger partial charge < -0.3 is 9.47 Å². The Kier molecular flexibility index (Phi) is 5.58.